The van der Waals surface area contributed by atoms with Gasteiger partial charge < -0.3 is 15.3 Å². The van der Waals surface area contributed by atoms with Crippen LogP contribution in [0, 0.1) is 0 Å². The van der Waals surface area contributed by atoms with E-state index in [2.05, 4.69) is 29.2 Å². The van der Waals surface area contributed by atoms with E-state index < -0.39 is 0 Å². The molecule has 0 amide bonds. The van der Waals surface area contributed by atoms with Crippen molar-refractivity contribution in [3.05, 3.63) is 0 Å². The highest BCUT2D eigenvalue weighted by atomic mass is 16.3. The Morgan fingerprint density at radius 3 is 2.80 bits per heavy atom. The molecular weight excluding hydrogens is 190 g/mol. The quantitative estimate of drug-likeness (QED) is 0.632. The Hall–Kier alpha value is -0.160. The Balaban J connectivity index is 2.38. The molecule has 0 aliphatic carbocycles. The molecule has 4 nitrogen and oxygen atoms in total. The maximum atomic E-state index is 9.15. The summed E-state index contributed by atoms with van der Waals surface area (Å²) in [5, 5.41) is 12.3. The summed E-state index contributed by atoms with van der Waals surface area (Å²) in [7, 11) is 6.16. The number of aliphatic hydroxyl groups excluding tert-OH is 1. The predicted molar refractivity (Wildman–Crippen MR) is 63.1 cm³/mol. The average molecular weight is 215 g/mol. The molecule has 0 spiro atoms. The average Bonchev–Trinajstić information content (AvgIpc) is 2.61. The van der Waals surface area contributed by atoms with Crippen molar-refractivity contribution >= 4 is 0 Å². The largest absolute Gasteiger partial charge is 0.395 e. The van der Waals surface area contributed by atoms with E-state index in [4.69, 9.17) is 5.11 Å². The Labute approximate surface area is 93.2 Å². The second-order valence-electron chi connectivity index (χ2n) is 4.72. The molecule has 0 aromatic rings. The maximum Gasteiger partial charge on any atom is 0.0597 e. The van der Waals surface area contributed by atoms with Crippen molar-refractivity contribution in [3.8, 4) is 0 Å². The third-order valence-electron chi connectivity index (χ3n) is 3.16. The van der Waals surface area contributed by atoms with Gasteiger partial charge in [0.15, 0.2) is 0 Å². The molecule has 0 radical (unpaired) electrons. The fraction of sp³-hybridized carbons (Fsp3) is 1.00. The lowest BCUT2D eigenvalue weighted by molar-refractivity contribution is 0.160. The minimum absolute atomic E-state index is 0.216. The van der Waals surface area contributed by atoms with Gasteiger partial charge in [-0.05, 0) is 40.5 Å². The van der Waals surface area contributed by atoms with Gasteiger partial charge in [0.25, 0.3) is 0 Å². The van der Waals surface area contributed by atoms with Gasteiger partial charge in [0.1, 0.15) is 0 Å². The SMILES string of the molecule is CNC(CO)CN1CCCC1CN(C)C. The van der Waals surface area contributed by atoms with Crippen molar-refractivity contribution in [2.24, 2.45) is 0 Å². The molecule has 1 rings (SSSR count). The number of nitrogens with zero attached hydrogens (tertiary/aromatic N) is 2. The normalized spacial score (nSPS) is 25.0. The van der Waals surface area contributed by atoms with E-state index >= 15 is 0 Å². The molecule has 2 atom stereocenters. The zero-order valence-corrected chi connectivity index (χ0v) is 10.2. The maximum absolute atomic E-state index is 9.15. The lowest BCUT2D eigenvalue weighted by atomic mass is 10.2. The van der Waals surface area contributed by atoms with Crippen LogP contribution in [0.3, 0.4) is 0 Å². The Bertz CT molecular complexity index is 171. The van der Waals surface area contributed by atoms with Crippen LogP contribution >= 0.6 is 0 Å². The van der Waals surface area contributed by atoms with Gasteiger partial charge >= 0.3 is 0 Å². The lowest BCUT2D eigenvalue weighted by Crippen LogP contribution is -2.46. The standard InChI is InChI=1S/C11H25N3O/c1-12-10(9-15)7-14-6-4-5-11(14)8-13(2)3/h10-12,15H,4-9H2,1-3H3. The molecule has 15 heavy (non-hydrogen) atoms. The number of aliphatic hydroxyl groups is 1. The molecule has 0 aromatic heterocycles. The molecule has 4 heteroatoms. The van der Waals surface area contributed by atoms with Crippen LogP contribution in [0.2, 0.25) is 0 Å². The molecule has 1 saturated heterocycles. The third-order valence-corrected chi connectivity index (χ3v) is 3.16. The highest BCUT2D eigenvalue weighted by Crippen LogP contribution is 2.17. The summed E-state index contributed by atoms with van der Waals surface area (Å²) < 4.78 is 0. The minimum Gasteiger partial charge on any atom is -0.395 e. The van der Waals surface area contributed by atoms with Gasteiger partial charge in [-0.3, -0.25) is 4.90 Å². The highest BCUT2D eigenvalue weighted by Gasteiger charge is 2.26. The van der Waals surface area contributed by atoms with Crippen molar-refractivity contribution < 1.29 is 5.11 Å². The van der Waals surface area contributed by atoms with Crippen LogP contribution in [0.4, 0.5) is 0 Å². The summed E-state index contributed by atoms with van der Waals surface area (Å²) in [4.78, 5) is 4.74. The summed E-state index contributed by atoms with van der Waals surface area (Å²) in [6, 6.07) is 0.884. The van der Waals surface area contributed by atoms with Crippen LogP contribution < -0.4 is 5.32 Å². The molecule has 1 aliphatic rings. The van der Waals surface area contributed by atoms with E-state index in [-0.39, 0.29) is 12.6 Å². The molecule has 2 unspecified atom stereocenters. The van der Waals surface area contributed by atoms with Crippen molar-refractivity contribution in [2.75, 3.05) is 47.4 Å². The van der Waals surface area contributed by atoms with E-state index in [9.17, 15) is 0 Å². The topological polar surface area (TPSA) is 38.7 Å². The second-order valence-corrected chi connectivity index (χ2v) is 4.72. The van der Waals surface area contributed by atoms with Crippen molar-refractivity contribution in [1.29, 1.82) is 0 Å². The number of rotatable bonds is 6. The number of likely N-dealkylation sites (N-methyl/N-ethyl adjacent to an activating group) is 2. The monoisotopic (exact) mass is 215 g/mol. The molecule has 1 fully saturated rings. The zero-order valence-electron chi connectivity index (χ0n) is 10.2. The van der Waals surface area contributed by atoms with Gasteiger partial charge in [-0.15, -0.1) is 0 Å². The first-order chi connectivity index (χ1) is 7.17. The number of likely N-dealkylation sites (tertiary alicyclic amines) is 1. The van der Waals surface area contributed by atoms with Gasteiger partial charge in [0.2, 0.25) is 0 Å². The Morgan fingerprint density at radius 2 is 2.27 bits per heavy atom. The third kappa shape index (κ3) is 4.07. The smallest absolute Gasteiger partial charge is 0.0597 e. The fourth-order valence-corrected chi connectivity index (χ4v) is 2.29. The van der Waals surface area contributed by atoms with E-state index in [1.807, 2.05) is 7.05 Å². The summed E-state index contributed by atoms with van der Waals surface area (Å²) in [5.41, 5.74) is 0. The highest BCUT2D eigenvalue weighted by molar-refractivity contribution is 4.83. The van der Waals surface area contributed by atoms with Crippen molar-refractivity contribution in [2.45, 2.75) is 24.9 Å². The zero-order chi connectivity index (χ0) is 11.3. The van der Waals surface area contributed by atoms with Crippen molar-refractivity contribution in [1.82, 2.24) is 15.1 Å². The first-order valence-corrected chi connectivity index (χ1v) is 5.84. The van der Waals surface area contributed by atoms with E-state index in [1.165, 1.54) is 19.4 Å². The lowest BCUT2D eigenvalue weighted by Gasteiger charge is -2.29. The molecule has 90 valence electrons. The molecule has 0 saturated carbocycles. The summed E-state index contributed by atoms with van der Waals surface area (Å²) in [6.07, 6.45) is 2.58. The Kier molecular flexibility index (Phi) is 5.53. The van der Waals surface area contributed by atoms with E-state index in [1.54, 1.807) is 0 Å². The van der Waals surface area contributed by atoms with Crippen LogP contribution in [0.25, 0.3) is 0 Å². The van der Waals surface area contributed by atoms with Crippen LogP contribution in [0.15, 0.2) is 0 Å². The molecule has 0 aromatic carbocycles. The molecule has 1 aliphatic heterocycles. The number of nitrogens with one attached hydrogen (secondary N) is 1. The number of hydrogen-bond acceptors (Lipinski definition) is 4. The van der Waals surface area contributed by atoms with Gasteiger partial charge in [0, 0.05) is 25.2 Å². The van der Waals surface area contributed by atoms with Gasteiger partial charge in [-0.25, -0.2) is 0 Å². The molecule has 0 bridgehead atoms. The van der Waals surface area contributed by atoms with Crippen LogP contribution in [-0.2, 0) is 0 Å². The minimum atomic E-state index is 0.216. The number of hydrogen-bond donors (Lipinski definition) is 2. The molecular formula is C11H25N3O. The van der Waals surface area contributed by atoms with Gasteiger partial charge in [-0.2, -0.15) is 0 Å². The Morgan fingerprint density at radius 1 is 1.53 bits per heavy atom. The molecule has 1 heterocycles. The predicted octanol–water partition coefficient (Wildman–Crippen LogP) is -0.407. The van der Waals surface area contributed by atoms with E-state index in [0.29, 0.717) is 6.04 Å². The second kappa shape index (κ2) is 6.43. The van der Waals surface area contributed by atoms with Crippen LogP contribution in [0.1, 0.15) is 12.8 Å². The van der Waals surface area contributed by atoms with Gasteiger partial charge in [-0.1, -0.05) is 0 Å². The first-order valence-electron chi connectivity index (χ1n) is 5.84. The van der Waals surface area contributed by atoms with Gasteiger partial charge in [0.05, 0.1) is 6.61 Å². The van der Waals surface area contributed by atoms with Crippen LogP contribution in [0.5, 0.6) is 0 Å². The fourth-order valence-electron chi connectivity index (χ4n) is 2.29. The summed E-state index contributed by atoms with van der Waals surface area (Å²) in [6.45, 7) is 3.49. The van der Waals surface area contributed by atoms with E-state index in [0.717, 1.165) is 13.1 Å². The summed E-state index contributed by atoms with van der Waals surface area (Å²) in [5.74, 6) is 0. The first kappa shape index (κ1) is 12.9. The summed E-state index contributed by atoms with van der Waals surface area (Å²) >= 11 is 0. The van der Waals surface area contributed by atoms with Crippen molar-refractivity contribution in [3.63, 3.8) is 0 Å². The van der Waals surface area contributed by atoms with Crippen LogP contribution in [-0.4, -0.2) is 74.4 Å². The molecule has 2 N–H and O–H groups in total.